The smallest absolute Gasteiger partial charge is 0.221 e. The van der Waals surface area contributed by atoms with Gasteiger partial charge in [0.1, 0.15) is 0 Å². The normalized spacial score (nSPS) is 10.8. The lowest BCUT2D eigenvalue weighted by Gasteiger charge is -2.11. The molecule has 0 saturated carbocycles. The van der Waals surface area contributed by atoms with Gasteiger partial charge in [0.2, 0.25) is 5.91 Å². The molecule has 0 aromatic heterocycles. The second kappa shape index (κ2) is 8.27. The fourth-order valence-electron chi connectivity index (χ4n) is 2.67. The number of rotatable bonds is 5. The standard InChI is InChI=1S/C22H22N4O/c1-16(27)23-22-7-5-4-6-21(22)17-8-10-18(11-9-17)24-25-19-12-14-20(15-13-19)26(2)3/h4-15H,1-3H3,(H,23,27)/b25-24+. The maximum Gasteiger partial charge on any atom is 0.221 e. The summed E-state index contributed by atoms with van der Waals surface area (Å²) in [6, 6.07) is 23.4. The van der Waals surface area contributed by atoms with Crippen LogP contribution in [0, 0.1) is 0 Å². The van der Waals surface area contributed by atoms with Crippen molar-refractivity contribution < 1.29 is 4.79 Å². The molecule has 1 N–H and O–H groups in total. The lowest BCUT2D eigenvalue weighted by Crippen LogP contribution is -2.07. The van der Waals surface area contributed by atoms with E-state index in [1.807, 2.05) is 91.8 Å². The first-order valence-corrected chi connectivity index (χ1v) is 8.69. The number of hydrogen-bond donors (Lipinski definition) is 1. The van der Waals surface area contributed by atoms with E-state index in [9.17, 15) is 4.79 Å². The first-order chi connectivity index (χ1) is 13.0. The molecule has 0 saturated heterocycles. The number of carbonyl (C=O) groups is 1. The van der Waals surface area contributed by atoms with Crippen molar-refractivity contribution in [1.29, 1.82) is 0 Å². The summed E-state index contributed by atoms with van der Waals surface area (Å²) in [6.45, 7) is 1.51. The third kappa shape index (κ3) is 4.79. The van der Waals surface area contributed by atoms with Gasteiger partial charge in [-0.15, -0.1) is 0 Å². The summed E-state index contributed by atoms with van der Waals surface area (Å²) in [4.78, 5) is 13.4. The lowest BCUT2D eigenvalue weighted by atomic mass is 10.0. The first kappa shape index (κ1) is 18.3. The maximum atomic E-state index is 11.4. The Bertz CT molecular complexity index is 945. The van der Waals surface area contributed by atoms with Gasteiger partial charge < -0.3 is 10.2 Å². The largest absolute Gasteiger partial charge is 0.378 e. The third-order valence-electron chi connectivity index (χ3n) is 4.06. The summed E-state index contributed by atoms with van der Waals surface area (Å²) in [5.41, 5.74) is 5.47. The number of amides is 1. The fraction of sp³-hybridized carbons (Fsp3) is 0.136. The molecule has 0 fully saturated rings. The van der Waals surface area contributed by atoms with Crippen molar-refractivity contribution in [2.45, 2.75) is 6.92 Å². The number of anilines is 2. The highest BCUT2D eigenvalue weighted by atomic mass is 16.1. The van der Waals surface area contributed by atoms with E-state index in [1.54, 1.807) is 0 Å². The summed E-state index contributed by atoms with van der Waals surface area (Å²) >= 11 is 0. The van der Waals surface area contributed by atoms with Crippen molar-refractivity contribution in [3.8, 4) is 11.1 Å². The lowest BCUT2D eigenvalue weighted by molar-refractivity contribution is -0.114. The summed E-state index contributed by atoms with van der Waals surface area (Å²) < 4.78 is 0. The van der Waals surface area contributed by atoms with Crippen molar-refractivity contribution in [2.75, 3.05) is 24.3 Å². The van der Waals surface area contributed by atoms with Gasteiger partial charge in [-0.3, -0.25) is 4.79 Å². The second-order valence-corrected chi connectivity index (χ2v) is 6.38. The molecule has 0 radical (unpaired) electrons. The van der Waals surface area contributed by atoms with Crippen molar-refractivity contribution in [3.05, 3.63) is 72.8 Å². The molecular formula is C22H22N4O. The molecule has 1 amide bonds. The second-order valence-electron chi connectivity index (χ2n) is 6.38. The van der Waals surface area contributed by atoms with Gasteiger partial charge in [0.05, 0.1) is 11.4 Å². The molecule has 3 rings (SSSR count). The van der Waals surface area contributed by atoms with Crippen LogP contribution in [0.1, 0.15) is 6.92 Å². The van der Waals surface area contributed by atoms with Crippen molar-refractivity contribution in [3.63, 3.8) is 0 Å². The zero-order chi connectivity index (χ0) is 19.2. The van der Waals surface area contributed by atoms with Crippen LogP contribution in [0.25, 0.3) is 11.1 Å². The quantitative estimate of drug-likeness (QED) is 0.587. The minimum atomic E-state index is -0.0897. The summed E-state index contributed by atoms with van der Waals surface area (Å²) in [5.74, 6) is -0.0897. The zero-order valence-electron chi connectivity index (χ0n) is 15.7. The highest BCUT2D eigenvalue weighted by Gasteiger charge is 2.05. The van der Waals surface area contributed by atoms with Crippen LogP contribution in [0.15, 0.2) is 83.0 Å². The van der Waals surface area contributed by atoms with Gasteiger partial charge in [-0.05, 0) is 48.0 Å². The predicted octanol–water partition coefficient (Wildman–Crippen LogP) is 5.79. The number of azo groups is 1. The Morgan fingerprint density at radius 3 is 1.93 bits per heavy atom. The predicted molar refractivity (Wildman–Crippen MR) is 111 cm³/mol. The van der Waals surface area contributed by atoms with Crippen LogP contribution in [0.5, 0.6) is 0 Å². The molecule has 0 heterocycles. The van der Waals surface area contributed by atoms with Crippen LogP contribution in [0.4, 0.5) is 22.7 Å². The van der Waals surface area contributed by atoms with Gasteiger partial charge in [0.25, 0.3) is 0 Å². The van der Waals surface area contributed by atoms with Crippen molar-refractivity contribution >= 4 is 28.7 Å². The Morgan fingerprint density at radius 2 is 1.37 bits per heavy atom. The minimum absolute atomic E-state index is 0.0897. The average molecular weight is 358 g/mol. The zero-order valence-corrected chi connectivity index (χ0v) is 15.7. The first-order valence-electron chi connectivity index (χ1n) is 8.69. The van der Waals surface area contributed by atoms with Gasteiger partial charge in [-0.25, -0.2) is 0 Å². The molecule has 3 aromatic rings. The summed E-state index contributed by atoms with van der Waals surface area (Å²) in [6.07, 6.45) is 0. The highest BCUT2D eigenvalue weighted by Crippen LogP contribution is 2.30. The molecule has 5 heteroatoms. The highest BCUT2D eigenvalue weighted by molar-refractivity contribution is 5.94. The molecule has 3 aromatic carbocycles. The molecular weight excluding hydrogens is 336 g/mol. The molecule has 0 atom stereocenters. The number of para-hydroxylation sites is 1. The Morgan fingerprint density at radius 1 is 0.815 bits per heavy atom. The van der Waals surface area contributed by atoms with Crippen molar-refractivity contribution in [1.82, 2.24) is 0 Å². The van der Waals surface area contributed by atoms with Gasteiger partial charge >= 0.3 is 0 Å². The number of carbonyl (C=O) groups excluding carboxylic acids is 1. The molecule has 0 unspecified atom stereocenters. The third-order valence-corrected chi connectivity index (χ3v) is 4.06. The van der Waals surface area contributed by atoms with Crippen LogP contribution in [-0.2, 0) is 4.79 Å². The Labute approximate surface area is 159 Å². The molecule has 0 bridgehead atoms. The Hall–Kier alpha value is -3.47. The van der Waals surface area contributed by atoms with Crippen LogP contribution >= 0.6 is 0 Å². The fourth-order valence-corrected chi connectivity index (χ4v) is 2.67. The summed E-state index contributed by atoms with van der Waals surface area (Å²) in [7, 11) is 4.00. The molecule has 136 valence electrons. The van der Waals surface area contributed by atoms with Gasteiger partial charge in [-0.1, -0.05) is 30.3 Å². The molecule has 0 aliphatic heterocycles. The molecule has 0 spiro atoms. The van der Waals surface area contributed by atoms with E-state index < -0.39 is 0 Å². The summed E-state index contributed by atoms with van der Waals surface area (Å²) in [5, 5.41) is 11.4. The van der Waals surface area contributed by atoms with E-state index >= 15 is 0 Å². The number of benzene rings is 3. The van der Waals surface area contributed by atoms with Crippen LogP contribution in [0.2, 0.25) is 0 Å². The molecule has 0 aliphatic rings. The molecule has 27 heavy (non-hydrogen) atoms. The van der Waals surface area contributed by atoms with Gasteiger partial charge in [-0.2, -0.15) is 10.2 Å². The number of nitrogens with one attached hydrogen (secondary N) is 1. The van der Waals surface area contributed by atoms with E-state index in [1.165, 1.54) is 6.92 Å². The van der Waals surface area contributed by atoms with Crippen LogP contribution < -0.4 is 10.2 Å². The number of nitrogens with zero attached hydrogens (tertiary/aromatic N) is 3. The van der Waals surface area contributed by atoms with E-state index in [4.69, 9.17) is 0 Å². The van der Waals surface area contributed by atoms with Crippen LogP contribution in [0.3, 0.4) is 0 Å². The van der Waals surface area contributed by atoms with Crippen LogP contribution in [-0.4, -0.2) is 20.0 Å². The van der Waals surface area contributed by atoms with E-state index in [2.05, 4.69) is 15.5 Å². The molecule has 0 aliphatic carbocycles. The Kier molecular flexibility index (Phi) is 5.61. The van der Waals surface area contributed by atoms with E-state index in [0.29, 0.717) is 0 Å². The Balaban J connectivity index is 1.77. The van der Waals surface area contributed by atoms with Crippen molar-refractivity contribution in [2.24, 2.45) is 10.2 Å². The minimum Gasteiger partial charge on any atom is -0.378 e. The average Bonchev–Trinajstić information content (AvgIpc) is 2.67. The SMILES string of the molecule is CC(=O)Nc1ccccc1-c1ccc(/N=N/c2ccc(N(C)C)cc2)cc1. The van der Waals surface area contributed by atoms with Gasteiger partial charge in [0, 0.05) is 38.0 Å². The molecule has 5 nitrogen and oxygen atoms in total. The monoisotopic (exact) mass is 358 g/mol. The van der Waals surface area contributed by atoms with Gasteiger partial charge in [0.15, 0.2) is 0 Å². The topological polar surface area (TPSA) is 57.1 Å². The number of hydrogen-bond acceptors (Lipinski definition) is 4. The van der Waals surface area contributed by atoms with E-state index in [0.717, 1.165) is 33.9 Å². The maximum absolute atomic E-state index is 11.4. The van der Waals surface area contributed by atoms with E-state index in [-0.39, 0.29) is 5.91 Å².